The number of carbonyl (C=O) groups is 1. The second-order valence-electron chi connectivity index (χ2n) is 7.33. The first-order valence-electron chi connectivity index (χ1n) is 9.65. The zero-order valence-corrected chi connectivity index (χ0v) is 17.5. The van der Waals surface area contributed by atoms with Gasteiger partial charge >= 0.3 is 17.8 Å². The molecule has 2 aromatic rings. The Hall–Kier alpha value is -3.66. The quantitative estimate of drug-likeness (QED) is 0.642. The van der Waals surface area contributed by atoms with Crippen molar-refractivity contribution in [3.05, 3.63) is 62.0 Å². The van der Waals surface area contributed by atoms with E-state index in [1.165, 1.54) is 35.9 Å². The Labute approximate surface area is 184 Å². The van der Waals surface area contributed by atoms with Gasteiger partial charge in [0.15, 0.2) is 0 Å². The lowest BCUT2D eigenvalue weighted by atomic mass is 10.1. The Morgan fingerprint density at radius 1 is 1.30 bits per heavy atom. The lowest BCUT2D eigenvalue weighted by Crippen LogP contribution is -2.47. The van der Waals surface area contributed by atoms with Crippen LogP contribution in [0.3, 0.4) is 0 Å². The molecule has 0 bridgehead atoms. The maximum absolute atomic E-state index is 13.7. The number of anilines is 1. The van der Waals surface area contributed by atoms with Gasteiger partial charge in [0, 0.05) is 32.2 Å². The number of halogens is 4. The van der Waals surface area contributed by atoms with Crippen molar-refractivity contribution in [1.29, 1.82) is 5.26 Å². The van der Waals surface area contributed by atoms with E-state index in [9.17, 15) is 32.4 Å². The van der Waals surface area contributed by atoms with Crippen LogP contribution in [0.15, 0.2) is 33.9 Å². The number of carboxylic acids is 1. The minimum atomic E-state index is -5.08. The van der Waals surface area contributed by atoms with E-state index >= 15 is 0 Å². The number of carboxylic acid groups (broad SMARTS) is 1. The van der Waals surface area contributed by atoms with Crippen LogP contribution < -0.4 is 21.9 Å². The first kappa shape index (κ1) is 25.6. The molecule has 13 heteroatoms. The van der Waals surface area contributed by atoms with Gasteiger partial charge in [-0.15, -0.1) is 0 Å². The van der Waals surface area contributed by atoms with E-state index in [4.69, 9.17) is 15.6 Å². The minimum Gasteiger partial charge on any atom is -0.475 e. The summed E-state index contributed by atoms with van der Waals surface area (Å²) in [5, 5.41) is 16.4. The van der Waals surface area contributed by atoms with Crippen molar-refractivity contribution in [3.63, 3.8) is 0 Å². The number of nitrogens with zero attached hydrogens (tertiary/aromatic N) is 4. The van der Waals surface area contributed by atoms with Gasteiger partial charge < -0.3 is 15.7 Å². The van der Waals surface area contributed by atoms with Crippen molar-refractivity contribution < 1.29 is 27.5 Å². The van der Waals surface area contributed by atoms with Crippen LogP contribution in [0.2, 0.25) is 0 Å². The third kappa shape index (κ3) is 6.42. The van der Waals surface area contributed by atoms with Gasteiger partial charge in [-0.05, 0) is 36.6 Å². The Bertz CT molecular complexity index is 1180. The van der Waals surface area contributed by atoms with Gasteiger partial charge in [-0.3, -0.25) is 13.9 Å². The highest BCUT2D eigenvalue weighted by Gasteiger charge is 2.38. The monoisotopic (exact) mass is 471 g/mol. The molecule has 2 heterocycles. The minimum absolute atomic E-state index is 0.00528. The number of nitrogens with two attached hydrogens (primary N) is 1. The fourth-order valence-corrected chi connectivity index (χ4v) is 3.26. The molecule has 1 aliphatic rings. The van der Waals surface area contributed by atoms with E-state index in [1.54, 1.807) is 0 Å². The molecule has 0 unspecified atom stereocenters. The van der Waals surface area contributed by atoms with Crippen molar-refractivity contribution in [2.45, 2.75) is 31.6 Å². The van der Waals surface area contributed by atoms with Gasteiger partial charge in [0.05, 0.1) is 18.2 Å². The maximum atomic E-state index is 13.7. The van der Waals surface area contributed by atoms with Crippen LogP contribution in [0, 0.1) is 17.1 Å². The normalized spacial score (nSPS) is 15.9. The predicted octanol–water partition coefficient (Wildman–Crippen LogP) is 1.17. The largest absolute Gasteiger partial charge is 0.490 e. The predicted molar refractivity (Wildman–Crippen MR) is 109 cm³/mol. The number of aromatic nitrogens is 2. The number of hydrogen-bond donors (Lipinski definition) is 2. The van der Waals surface area contributed by atoms with Crippen LogP contribution in [-0.2, 0) is 18.4 Å². The molecule has 0 saturated carbocycles. The van der Waals surface area contributed by atoms with Gasteiger partial charge in [-0.1, -0.05) is 0 Å². The first-order valence-corrected chi connectivity index (χ1v) is 9.65. The number of rotatable bonds is 3. The third-order valence-electron chi connectivity index (χ3n) is 4.92. The zero-order chi connectivity index (χ0) is 24.9. The summed E-state index contributed by atoms with van der Waals surface area (Å²) >= 11 is 0. The average molecular weight is 471 g/mol. The van der Waals surface area contributed by atoms with Crippen molar-refractivity contribution in [2.24, 2.45) is 12.8 Å². The van der Waals surface area contributed by atoms with Gasteiger partial charge in [0.1, 0.15) is 11.6 Å². The van der Waals surface area contributed by atoms with Crippen LogP contribution in [0.5, 0.6) is 0 Å². The summed E-state index contributed by atoms with van der Waals surface area (Å²) in [5.41, 5.74) is 5.77. The summed E-state index contributed by atoms with van der Waals surface area (Å²) in [6.45, 7) is 1.20. The molecule has 0 radical (unpaired) electrons. The van der Waals surface area contributed by atoms with Crippen LogP contribution >= 0.6 is 0 Å². The zero-order valence-electron chi connectivity index (χ0n) is 17.5. The lowest BCUT2D eigenvalue weighted by molar-refractivity contribution is -0.192. The fraction of sp³-hybridized carbons (Fsp3) is 0.400. The molecular weight excluding hydrogens is 450 g/mol. The summed E-state index contributed by atoms with van der Waals surface area (Å²) in [7, 11) is 1.39. The maximum Gasteiger partial charge on any atom is 0.490 e. The Morgan fingerprint density at radius 2 is 1.94 bits per heavy atom. The van der Waals surface area contributed by atoms with Gasteiger partial charge in [0.25, 0.3) is 5.56 Å². The smallest absolute Gasteiger partial charge is 0.475 e. The second kappa shape index (κ2) is 10.3. The summed E-state index contributed by atoms with van der Waals surface area (Å²) in [6.07, 6.45) is -3.35. The lowest BCUT2D eigenvalue weighted by Gasteiger charge is -2.34. The van der Waals surface area contributed by atoms with Crippen molar-refractivity contribution in [3.8, 4) is 6.07 Å². The van der Waals surface area contributed by atoms with Crippen LogP contribution in [-0.4, -0.2) is 45.5 Å². The molecule has 33 heavy (non-hydrogen) atoms. The van der Waals surface area contributed by atoms with Crippen molar-refractivity contribution in [1.82, 2.24) is 9.13 Å². The summed E-state index contributed by atoms with van der Waals surface area (Å²) in [4.78, 5) is 35.7. The van der Waals surface area contributed by atoms with Crippen molar-refractivity contribution in [2.75, 3.05) is 18.0 Å². The molecule has 0 amide bonds. The molecule has 1 saturated heterocycles. The van der Waals surface area contributed by atoms with Crippen molar-refractivity contribution >= 4 is 11.8 Å². The highest BCUT2D eigenvalue weighted by molar-refractivity contribution is 5.73. The SMILES string of the molecule is Cn1c(=O)cc(N2CCC[C@@H](N)C2)n(Cc2cc(F)ccc2C#N)c1=O.O=C(O)C(F)(F)F. The van der Waals surface area contributed by atoms with E-state index in [0.717, 1.165) is 17.4 Å². The summed E-state index contributed by atoms with van der Waals surface area (Å²) in [6, 6.07) is 7.19. The number of alkyl halides is 3. The standard InChI is InChI=1S/C18H20FN5O2.C2HF3O2/c1-22-17(25)8-16(23-6-2-3-15(21)11-23)24(18(22)26)10-13-7-14(19)5-4-12(13)9-20;3-2(4,5)1(6)7/h4-5,7-8,15H,2-3,6,10-11,21H2,1H3;(H,6,7)/t15-;/m1./s1. The number of nitriles is 1. The number of aliphatic carboxylic acids is 1. The van der Waals surface area contributed by atoms with Crippen LogP contribution in [0.4, 0.5) is 23.4 Å². The highest BCUT2D eigenvalue weighted by atomic mass is 19.4. The Kier molecular flexibility index (Phi) is 7.99. The van der Waals surface area contributed by atoms with Crippen LogP contribution in [0.1, 0.15) is 24.0 Å². The first-order chi connectivity index (χ1) is 15.3. The van der Waals surface area contributed by atoms with Gasteiger partial charge in [-0.25, -0.2) is 14.0 Å². The molecule has 0 aliphatic carbocycles. The highest BCUT2D eigenvalue weighted by Crippen LogP contribution is 2.19. The van der Waals surface area contributed by atoms with E-state index in [0.29, 0.717) is 24.5 Å². The second-order valence-corrected chi connectivity index (χ2v) is 7.33. The summed E-state index contributed by atoms with van der Waals surface area (Å²) in [5.74, 6) is -2.80. The Balaban J connectivity index is 0.000000479. The molecule has 0 spiro atoms. The van der Waals surface area contributed by atoms with Crippen LogP contribution in [0.25, 0.3) is 0 Å². The van der Waals surface area contributed by atoms with E-state index in [-0.39, 0.29) is 18.2 Å². The van der Waals surface area contributed by atoms with Gasteiger partial charge in [0.2, 0.25) is 0 Å². The Morgan fingerprint density at radius 3 is 2.48 bits per heavy atom. The average Bonchev–Trinajstić information content (AvgIpc) is 2.74. The van der Waals surface area contributed by atoms with E-state index in [2.05, 4.69) is 0 Å². The molecule has 1 atom stereocenters. The molecule has 178 valence electrons. The molecular formula is C20H21F4N5O4. The number of hydrogen-bond acceptors (Lipinski definition) is 6. The number of benzene rings is 1. The molecule has 1 aliphatic heterocycles. The van der Waals surface area contributed by atoms with E-state index < -0.39 is 29.2 Å². The molecule has 3 N–H and O–H groups in total. The molecule has 1 aromatic carbocycles. The molecule has 3 rings (SSSR count). The molecule has 1 aromatic heterocycles. The third-order valence-corrected chi connectivity index (χ3v) is 4.92. The fourth-order valence-electron chi connectivity index (χ4n) is 3.26. The summed E-state index contributed by atoms with van der Waals surface area (Å²) < 4.78 is 47.8. The molecule has 1 fully saturated rings. The van der Waals surface area contributed by atoms with E-state index in [1.807, 2.05) is 11.0 Å². The van der Waals surface area contributed by atoms with Gasteiger partial charge in [-0.2, -0.15) is 18.4 Å². The number of piperidine rings is 1. The topological polar surface area (TPSA) is 134 Å². The molecule has 9 nitrogen and oxygen atoms in total.